The van der Waals surface area contributed by atoms with Crippen LogP contribution in [-0.4, -0.2) is 30.3 Å². The second kappa shape index (κ2) is 8.56. The van der Waals surface area contributed by atoms with E-state index >= 15 is 0 Å². The fourth-order valence-electron chi connectivity index (χ4n) is 1.85. The molecule has 0 bridgehead atoms. The van der Waals surface area contributed by atoms with Crippen molar-refractivity contribution in [3.05, 3.63) is 53.9 Å². The van der Waals surface area contributed by atoms with E-state index in [9.17, 15) is 13.6 Å². The quantitative estimate of drug-likeness (QED) is 0.624. The fourth-order valence-corrected chi connectivity index (χ4v) is 1.85. The molecule has 0 atom stereocenters. The van der Waals surface area contributed by atoms with E-state index in [0.717, 1.165) is 0 Å². The minimum Gasteiger partial charge on any atom is -0.490 e. The molecule has 1 N–H and O–H groups in total. The van der Waals surface area contributed by atoms with Crippen molar-refractivity contribution >= 4 is 12.1 Å². The minimum atomic E-state index is -3.01. The van der Waals surface area contributed by atoms with Gasteiger partial charge in [0, 0.05) is 23.5 Å². The SMILES string of the molecule is CCOc1cccc(/C=N\NC(=O)c2ccncc2)c1OC(F)F. The second-order valence-corrected chi connectivity index (χ2v) is 4.42. The minimum absolute atomic E-state index is 0.142. The molecule has 0 aliphatic rings. The third-order valence-corrected chi connectivity index (χ3v) is 2.83. The number of hydrogen-bond acceptors (Lipinski definition) is 5. The molecule has 0 fully saturated rings. The molecule has 0 radical (unpaired) electrons. The van der Waals surface area contributed by atoms with E-state index in [1.165, 1.54) is 42.9 Å². The van der Waals surface area contributed by atoms with E-state index in [2.05, 4.69) is 20.2 Å². The van der Waals surface area contributed by atoms with E-state index in [4.69, 9.17) is 4.74 Å². The molecule has 24 heavy (non-hydrogen) atoms. The Bertz CT molecular complexity index is 709. The number of aromatic nitrogens is 1. The van der Waals surface area contributed by atoms with Gasteiger partial charge in [-0.05, 0) is 31.2 Å². The van der Waals surface area contributed by atoms with Crippen molar-refractivity contribution in [3.8, 4) is 11.5 Å². The summed E-state index contributed by atoms with van der Waals surface area (Å²) in [5.41, 5.74) is 2.91. The summed E-state index contributed by atoms with van der Waals surface area (Å²) in [7, 11) is 0. The number of rotatable bonds is 7. The number of nitrogens with zero attached hydrogens (tertiary/aromatic N) is 2. The number of hydrazone groups is 1. The van der Waals surface area contributed by atoms with Gasteiger partial charge < -0.3 is 9.47 Å². The maximum absolute atomic E-state index is 12.6. The van der Waals surface area contributed by atoms with Crippen LogP contribution in [0.2, 0.25) is 0 Å². The third-order valence-electron chi connectivity index (χ3n) is 2.83. The highest BCUT2D eigenvalue weighted by molar-refractivity contribution is 5.95. The molecule has 8 heteroatoms. The number of nitrogens with one attached hydrogen (secondary N) is 1. The van der Waals surface area contributed by atoms with Gasteiger partial charge in [-0.1, -0.05) is 6.07 Å². The van der Waals surface area contributed by atoms with Gasteiger partial charge in [-0.3, -0.25) is 9.78 Å². The van der Waals surface area contributed by atoms with Gasteiger partial charge in [-0.25, -0.2) is 5.43 Å². The molecule has 0 aliphatic carbocycles. The summed E-state index contributed by atoms with van der Waals surface area (Å²) in [4.78, 5) is 15.6. The first kappa shape index (κ1) is 17.3. The lowest BCUT2D eigenvalue weighted by atomic mass is 10.2. The van der Waals surface area contributed by atoms with Crippen LogP contribution in [0, 0.1) is 0 Å². The lowest BCUT2D eigenvalue weighted by Gasteiger charge is -2.13. The highest BCUT2D eigenvalue weighted by atomic mass is 19.3. The number of ether oxygens (including phenoxy) is 2. The summed E-state index contributed by atoms with van der Waals surface area (Å²) in [5.74, 6) is -0.426. The van der Waals surface area contributed by atoms with Crippen molar-refractivity contribution in [2.75, 3.05) is 6.61 Å². The van der Waals surface area contributed by atoms with Crippen LogP contribution >= 0.6 is 0 Å². The van der Waals surface area contributed by atoms with Crippen LogP contribution in [0.4, 0.5) is 8.78 Å². The number of amides is 1. The number of hydrogen-bond donors (Lipinski definition) is 1. The number of halogens is 2. The normalized spacial score (nSPS) is 10.8. The van der Waals surface area contributed by atoms with Crippen molar-refractivity contribution in [1.82, 2.24) is 10.4 Å². The molecule has 2 rings (SSSR count). The third kappa shape index (κ3) is 4.73. The molecule has 0 spiro atoms. The molecule has 0 saturated carbocycles. The molecule has 1 aromatic heterocycles. The molecular weight excluding hydrogens is 320 g/mol. The monoisotopic (exact) mass is 335 g/mol. The van der Waals surface area contributed by atoms with Crippen LogP contribution in [0.15, 0.2) is 47.8 Å². The van der Waals surface area contributed by atoms with Crippen LogP contribution in [0.1, 0.15) is 22.8 Å². The average molecular weight is 335 g/mol. The number of para-hydroxylation sites is 1. The van der Waals surface area contributed by atoms with E-state index < -0.39 is 12.5 Å². The van der Waals surface area contributed by atoms with Gasteiger partial charge in [0.25, 0.3) is 5.91 Å². The first-order chi connectivity index (χ1) is 11.6. The van der Waals surface area contributed by atoms with Crippen LogP contribution in [0.5, 0.6) is 11.5 Å². The van der Waals surface area contributed by atoms with Gasteiger partial charge in [-0.2, -0.15) is 13.9 Å². The number of pyridine rings is 1. The lowest BCUT2D eigenvalue weighted by molar-refractivity contribution is -0.0515. The highest BCUT2D eigenvalue weighted by Crippen LogP contribution is 2.31. The molecule has 1 amide bonds. The van der Waals surface area contributed by atoms with Gasteiger partial charge in [-0.15, -0.1) is 0 Å². The molecule has 1 heterocycles. The predicted molar refractivity (Wildman–Crippen MR) is 83.5 cm³/mol. The summed E-state index contributed by atoms with van der Waals surface area (Å²) in [5, 5.41) is 3.76. The van der Waals surface area contributed by atoms with Crippen LogP contribution in [-0.2, 0) is 0 Å². The van der Waals surface area contributed by atoms with Gasteiger partial charge in [0.05, 0.1) is 12.8 Å². The van der Waals surface area contributed by atoms with Crippen molar-refractivity contribution in [1.29, 1.82) is 0 Å². The number of benzene rings is 1. The second-order valence-electron chi connectivity index (χ2n) is 4.42. The summed E-state index contributed by atoms with van der Waals surface area (Å²) in [6, 6.07) is 7.67. The molecule has 0 unspecified atom stereocenters. The van der Waals surface area contributed by atoms with Crippen LogP contribution in [0.25, 0.3) is 0 Å². The standard InChI is InChI=1S/C16H15F2N3O3/c1-2-23-13-5-3-4-12(14(13)24-16(17)18)10-20-21-15(22)11-6-8-19-9-7-11/h3-10,16H,2H2,1H3,(H,21,22)/b20-10-. The van der Waals surface area contributed by atoms with Crippen molar-refractivity contribution in [2.45, 2.75) is 13.5 Å². The van der Waals surface area contributed by atoms with Gasteiger partial charge in [0.15, 0.2) is 11.5 Å². The van der Waals surface area contributed by atoms with E-state index in [0.29, 0.717) is 12.2 Å². The van der Waals surface area contributed by atoms with Crippen molar-refractivity contribution in [3.63, 3.8) is 0 Å². The summed E-state index contributed by atoms with van der Waals surface area (Å²) in [6.45, 7) is -0.994. The maximum atomic E-state index is 12.6. The molecule has 126 valence electrons. The highest BCUT2D eigenvalue weighted by Gasteiger charge is 2.14. The van der Waals surface area contributed by atoms with Crippen molar-refractivity contribution < 1.29 is 23.0 Å². The Labute approximate surface area is 137 Å². The first-order valence-electron chi connectivity index (χ1n) is 7.06. The van der Waals surface area contributed by atoms with E-state index in [1.807, 2.05) is 0 Å². The zero-order chi connectivity index (χ0) is 17.4. The van der Waals surface area contributed by atoms with Gasteiger partial charge in [0.1, 0.15) is 0 Å². The Balaban J connectivity index is 2.16. The van der Waals surface area contributed by atoms with Crippen LogP contribution in [0.3, 0.4) is 0 Å². The average Bonchev–Trinajstić information content (AvgIpc) is 2.58. The molecule has 6 nitrogen and oxygen atoms in total. The van der Waals surface area contributed by atoms with Gasteiger partial charge >= 0.3 is 6.61 Å². The lowest BCUT2D eigenvalue weighted by Crippen LogP contribution is -2.17. The Morgan fingerprint density at radius 2 is 2.08 bits per heavy atom. The fraction of sp³-hybridized carbons (Fsp3) is 0.188. The molecule has 0 saturated heterocycles. The number of carbonyl (C=O) groups is 1. The maximum Gasteiger partial charge on any atom is 0.387 e. The van der Waals surface area contributed by atoms with Gasteiger partial charge in [0.2, 0.25) is 0 Å². The van der Waals surface area contributed by atoms with E-state index in [1.54, 1.807) is 13.0 Å². The molecular formula is C16H15F2N3O3. The summed E-state index contributed by atoms with van der Waals surface area (Å²) >= 11 is 0. The smallest absolute Gasteiger partial charge is 0.387 e. The van der Waals surface area contributed by atoms with Crippen LogP contribution < -0.4 is 14.9 Å². The Hall–Kier alpha value is -3.03. The number of alkyl halides is 2. The number of carbonyl (C=O) groups excluding carboxylic acids is 1. The molecule has 2 aromatic rings. The largest absolute Gasteiger partial charge is 0.490 e. The summed E-state index contributed by atoms with van der Waals surface area (Å²) < 4.78 is 35.0. The Morgan fingerprint density at radius 1 is 1.33 bits per heavy atom. The Morgan fingerprint density at radius 3 is 2.75 bits per heavy atom. The van der Waals surface area contributed by atoms with Crippen molar-refractivity contribution in [2.24, 2.45) is 5.10 Å². The topological polar surface area (TPSA) is 72.8 Å². The zero-order valence-electron chi connectivity index (χ0n) is 12.8. The Kier molecular flexibility index (Phi) is 6.18. The molecule has 1 aromatic carbocycles. The molecule has 0 aliphatic heterocycles. The zero-order valence-corrected chi connectivity index (χ0v) is 12.8. The first-order valence-corrected chi connectivity index (χ1v) is 7.06. The van der Waals surface area contributed by atoms with E-state index in [-0.39, 0.29) is 17.1 Å². The summed E-state index contributed by atoms with van der Waals surface area (Å²) in [6.07, 6.45) is 4.15. The predicted octanol–water partition coefficient (Wildman–Crippen LogP) is 2.85.